The van der Waals surface area contributed by atoms with Gasteiger partial charge in [0, 0.05) is 26.7 Å². The van der Waals surface area contributed by atoms with Crippen LogP contribution in [0.5, 0.6) is 0 Å². The number of aromatic nitrogens is 2. The third-order valence-corrected chi connectivity index (χ3v) is 6.18. The third-order valence-electron chi connectivity index (χ3n) is 6.18. The maximum Gasteiger partial charge on any atom is 0.339 e. The molecule has 0 radical (unpaired) electrons. The Kier molecular flexibility index (Phi) is 7.07. The standard InChI is InChI=1S/C26H28N4O6/c1-26(15-18-11-6-7-12-19(18)23(32)36-26)24(33)29(13-8-14-35-2)20-21(27)30(25(34)28-22(20)31)16-17-9-4-3-5-10-17/h3-7,9-12H,8,13-16,27H2,1-2H3,(H,28,31,34)/t26-/m0/s1. The lowest BCUT2D eigenvalue weighted by molar-refractivity contribution is -0.137. The lowest BCUT2D eigenvalue weighted by atomic mass is 9.88. The molecule has 1 atom stereocenters. The van der Waals surface area contributed by atoms with E-state index in [-0.39, 0.29) is 31.0 Å². The van der Waals surface area contributed by atoms with Gasteiger partial charge in [0.15, 0.2) is 11.3 Å². The molecule has 1 aromatic heterocycles. The minimum Gasteiger partial charge on any atom is -0.445 e. The predicted octanol–water partition coefficient (Wildman–Crippen LogP) is 1.71. The molecule has 10 heteroatoms. The third kappa shape index (κ3) is 4.80. The second-order valence-corrected chi connectivity index (χ2v) is 8.82. The lowest BCUT2D eigenvalue weighted by Gasteiger charge is -2.37. The first-order valence-electron chi connectivity index (χ1n) is 11.5. The Morgan fingerprint density at radius 3 is 2.56 bits per heavy atom. The van der Waals surface area contributed by atoms with E-state index in [1.165, 1.54) is 23.5 Å². The van der Waals surface area contributed by atoms with Crippen molar-refractivity contribution < 1.29 is 19.1 Å². The van der Waals surface area contributed by atoms with Gasteiger partial charge in [-0.3, -0.25) is 19.1 Å². The molecule has 4 rings (SSSR count). The number of esters is 1. The Labute approximate surface area is 207 Å². The molecule has 3 aromatic rings. The second kappa shape index (κ2) is 10.2. The maximum absolute atomic E-state index is 13.9. The van der Waals surface area contributed by atoms with Crippen molar-refractivity contribution in [3.63, 3.8) is 0 Å². The van der Waals surface area contributed by atoms with Crippen LogP contribution in [-0.2, 0) is 27.2 Å². The van der Waals surface area contributed by atoms with E-state index in [1.807, 2.05) is 30.3 Å². The average Bonchev–Trinajstić information content (AvgIpc) is 2.85. The number of hydrogen-bond donors (Lipinski definition) is 2. The molecule has 0 saturated heterocycles. The van der Waals surface area contributed by atoms with E-state index in [1.54, 1.807) is 24.3 Å². The van der Waals surface area contributed by atoms with Crippen molar-refractivity contribution in [3.05, 3.63) is 92.1 Å². The summed E-state index contributed by atoms with van der Waals surface area (Å²) in [5.41, 5.74) is 4.94. The molecule has 0 bridgehead atoms. The molecule has 0 saturated carbocycles. The Balaban J connectivity index is 1.78. The normalized spacial score (nSPS) is 16.8. The van der Waals surface area contributed by atoms with E-state index in [2.05, 4.69) is 4.98 Å². The zero-order chi connectivity index (χ0) is 25.9. The summed E-state index contributed by atoms with van der Waals surface area (Å²) in [7, 11) is 1.52. The van der Waals surface area contributed by atoms with Crippen molar-refractivity contribution >= 4 is 23.4 Å². The van der Waals surface area contributed by atoms with Crippen LogP contribution in [0.15, 0.2) is 64.2 Å². The van der Waals surface area contributed by atoms with Gasteiger partial charge >= 0.3 is 11.7 Å². The Hall–Kier alpha value is -4.18. The van der Waals surface area contributed by atoms with Gasteiger partial charge in [-0.05, 0) is 30.5 Å². The molecule has 2 aromatic carbocycles. The summed E-state index contributed by atoms with van der Waals surface area (Å²) in [6, 6.07) is 16.0. The van der Waals surface area contributed by atoms with Crippen LogP contribution in [0.25, 0.3) is 0 Å². The number of benzene rings is 2. The smallest absolute Gasteiger partial charge is 0.339 e. The Morgan fingerprint density at radius 2 is 1.83 bits per heavy atom. The number of methoxy groups -OCH3 is 1. The Bertz CT molecular complexity index is 1400. The van der Waals surface area contributed by atoms with Crippen LogP contribution >= 0.6 is 0 Å². The minimum absolute atomic E-state index is 0.0539. The molecule has 10 nitrogen and oxygen atoms in total. The van der Waals surface area contributed by atoms with Crippen molar-refractivity contribution in [2.75, 3.05) is 30.9 Å². The SMILES string of the molecule is COCCCN(C(=O)[C@]1(C)Cc2ccccc2C(=O)O1)c1c(N)n(Cc2ccccc2)c(=O)[nH]c1=O. The molecule has 2 heterocycles. The largest absolute Gasteiger partial charge is 0.445 e. The van der Waals surface area contributed by atoms with Crippen molar-refractivity contribution in [3.8, 4) is 0 Å². The monoisotopic (exact) mass is 492 g/mol. The van der Waals surface area contributed by atoms with Crippen LogP contribution in [0.2, 0.25) is 0 Å². The highest BCUT2D eigenvalue weighted by atomic mass is 16.6. The summed E-state index contributed by atoms with van der Waals surface area (Å²) in [6.45, 7) is 1.97. The van der Waals surface area contributed by atoms with Gasteiger partial charge in [-0.25, -0.2) is 9.59 Å². The van der Waals surface area contributed by atoms with Crippen molar-refractivity contribution in [1.82, 2.24) is 9.55 Å². The van der Waals surface area contributed by atoms with E-state index < -0.39 is 28.7 Å². The molecule has 3 N–H and O–H groups in total. The molecule has 188 valence electrons. The van der Waals surface area contributed by atoms with E-state index in [4.69, 9.17) is 15.2 Å². The summed E-state index contributed by atoms with van der Waals surface area (Å²) in [6.07, 6.45) is 0.496. The lowest BCUT2D eigenvalue weighted by Crippen LogP contribution is -2.55. The highest BCUT2D eigenvalue weighted by molar-refractivity contribution is 6.04. The van der Waals surface area contributed by atoms with Gasteiger partial charge in [0.05, 0.1) is 12.1 Å². The number of H-pyrrole nitrogens is 1. The van der Waals surface area contributed by atoms with Crippen molar-refractivity contribution in [2.45, 2.75) is 31.9 Å². The van der Waals surface area contributed by atoms with Gasteiger partial charge < -0.3 is 20.1 Å². The van der Waals surface area contributed by atoms with Crippen LogP contribution in [0, 0.1) is 0 Å². The number of aromatic amines is 1. The van der Waals surface area contributed by atoms with Crippen molar-refractivity contribution in [2.24, 2.45) is 0 Å². The first-order chi connectivity index (χ1) is 17.2. The molecule has 1 aliphatic rings. The van der Waals surface area contributed by atoms with E-state index >= 15 is 0 Å². The number of fused-ring (bicyclic) bond motifs is 1. The number of nitrogens with one attached hydrogen (secondary N) is 1. The fraction of sp³-hybridized carbons (Fsp3) is 0.308. The number of amides is 1. The maximum atomic E-state index is 13.9. The van der Waals surface area contributed by atoms with Gasteiger partial charge in [0.25, 0.3) is 11.5 Å². The average molecular weight is 493 g/mol. The van der Waals surface area contributed by atoms with E-state index in [0.29, 0.717) is 24.2 Å². The molecule has 36 heavy (non-hydrogen) atoms. The van der Waals surface area contributed by atoms with E-state index in [9.17, 15) is 19.2 Å². The number of cyclic esters (lactones) is 1. The number of carbonyl (C=O) groups excluding carboxylic acids is 2. The summed E-state index contributed by atoms with van der Waals surface area (Å²) >= 11 is 0. The van der Waals surface area contributed by atoms with Crippen LogP contribution in [0.3, 0.4) is 0 Å². The molecule has 1 amide bonds. The molecule has 0 spiro atoms. The highest BCUT2D eigenvalue weighted by Gasteiger charge is 2.46. The molecule has 0 unspecified atom stereocenters. The number of carbonyl (C=O) groups is 2. The fourth-order valence-corrected chi connectivity index (χ4v) is 4.38. The number of nitrogen functional groups attached to an aromatic ring is 1. The van der Waals surface area contributed by atoms with Gasteiger partial charge in [0.2, 0.25) is 0 Å². The number of nitrogens with zero attached hydrogens (tertiary/aromatic N) is 2. The predicted molar refractivity (Wildman–Crippen MR) is 134 cm³/mol. The zero-order valence-corrected chi connectivity index (χ0v) is 20.2. The van der Waals surface area contributed by atoms with Gasteiger partial charge in [0.1, 0.15) is 5.82 Å². The topological polar surface area (TPSA) is 137 Å². The molecular formula is C26H28N4O6. The first-order valence-corrected chi connectivity index (χ1v) is 11.5. The Morgan fingerprint density at radius 1 is 1.14 bits per heavy atom. The van der Waals surface area contributed by atoms with E-state index in [0.717, 1.165) is 5.56 Å². The number of anilines is 2. The molecule has 1 aliphatic heterocycles. The number of hydrogen-bond acceptors (Lipinski definition) is 7. The molecular weight excluding hydrogens is 464 g/mol. The summed E-state index contributed by atoms with van der Waals surface area (Å²) in [5, 5.41) is 0. The van der Waals surface area contributed by atoms with Crippen LogP contribution in [0.4, 0.5) is 11.5 Å². The van der Waals surface area contributed by atoms with Crippen LogP contribution < -0.4 is 21.9 Å². The fourth-order valence-electron chi connectivity index (χ4n) is 4.38. The van der Waals surface area contributed by atoms with Gasteiger partial charge in [-0.15, -0.1) is 0 Å². The number of rotatable bonds is 8. The van der Waals surface area contributed by atoms with Crippen LogP contribution in [-0.4, -0.2) is 47.3 Å². The van der Waals surface area contributed by atoms with Gasteiger partial charge in [-0.1, -0.05) is 48.5 Å². The highest BCUT2D eigenvalue weighted by Crippen LogP contribution is 2.32. The summed E-state index contributed by atoms with van der Waals surface area (Å²) < 4.78 is 11.9. The number of ether oxygens (including phenoxy) is 2. The summed E-state index contributed by atoms with van der Waals surface area (Å²) in [4.78, 5) is 55.8. The molecule has 0 fully saturated rings. The second-order valence-electron chi connectivity index (χ2n) is 8.82. The first kappa shape index (κ1) is 24.9. The van der Waals surface area contributed by atoms with Crippen LogP contribution in [0.1, 0.15) is 34.8 Å². The molecule has 0 aliphatic carbocycles. The zero-order valence-electron chi connectivity index (χ0n) is 20.2. The van der Waals surface area contributed by atoms with Crippen molar-refractivity contribution in [1.29, 1.82) is 0 Å². The summed E-state index contributed by atoms with van der Waals surface area (Å²) in [5.74, 6) is -1.41. The van der Waals surface area contributed by atoms with Gasteiger partial charge in [-0.2, -0.15) is 0 Å². The number of nitrogens with two attached hydrogens (primary N) is 1. The quantitative estimate of drug-likeness (QED) is 0.361. The minimum atomic E-state index is -1.59.